The molecule has 1 aromatic carbocycles. The quantitative estimate of drug-likeness (QED) is 0.802. The van der Waals surface area contributed by atoms with Gasteiger partial charge in [-0.1, -0.05) is 18.2 Å². The molecule has 1 aromatic rings. The van der Waals surface area contributed by atoms with Crippen LogP contribution in [0.5, 0.6) is 0 Å². The van der Waals surface area contributed by atoms with Gasteiger partial charge < -0.3 is 5.11 Å². The number of benzene rings is 1. The largest absolute Gasteiger partial charge is 0.371 e. The van der Waals surface area contributed by atoms with Gasteiger partial charge in [0.1, 0.15) is 11.5 Å². The normalized spacial score (nSPS) is 21.5. The van der Waals surface area contributed by atoms with Crippen LogP contribution in [0.2, 0.25) is 0 Å². The predicted octanol–water partition coefficient (Wildman–Crippen LogP) is 1.90. The van der Waals surface area contributed by atoms with Crippen LogP contribution >= 0.6 is 0 Å². The van der Waals surface area contributed by atoms with Crippen LogP contribution in [0.25, 0.3) is 0 Å². The van der Waals surface area contributed by atoms with Gasteiger partial charge in [0.2, 0.25) is 0 Å². The second-order valence-corrected chi connectivity index (χ2v) is 3.99. The third-order valence-electron chi connectivity index (χ3n) is 2.93. The Kier molecular flexibility index (Phi) is 2.76. The zero-order chi connectivity index (χ0) is 10.9. The van der Waals surface area contributed by atoms with E-state index in [0.717, 1.165) is 25.9 Å². The Hall–Kier alpha value is -0.930. The Morgan fingerprint density at radius 2 is 1.87 bits per heavy atom. The van der Waals surface area contributed by atoms with Crippen molar-refractivity contribution in [2.24, 2.45) is 0 Å². The van der Waals surface area contributed by atoms with E-state index in [0.29, 0.717) is 0 Å². The Bertz CT molecular complexity index is 345. The van der Waals surface area contributed by atoms with Gasteiger partial charge in [-0.05, 0) is 25.8 Å². The zero-order valence-electron chi connectivity index (χ0n) is 8.62. The molecule has 1 atom stereocenters. The molecule has 1 aliphatic heterocycles. The van der Waals surface area contributed by atoms with Crippen molar-refractivity contribution in [2.45, 2.75) is 18.6 Å². The van der Waals surface area contributed by atoms with Crippen molar-refractivity contribution >= 4 is 0 Å². The first-order valence-corrected chi connectivity index (χ1v) is 5.20. The molecule has 1 saturated heterocycles. The second kappa shape index (κ2) is 3.91. The third-order valence-corrected chi connectivity index (χ3v) is 2.93. The third kappa shape index (κ3) is 1.90. The average molecular weight is 208 g/mol. The molecule has 1 fully saturated rings. The molecule has 3 heteroatoms. The molecule has 1 N–H and O–H groups in total. The van der Waals surface area contributed by atoms with Crippen LogP contribution in [0, 0.1) is 12.7 Å². The van der Waals surface area contributed by atoms with E-state index in [9.17, 15) is 9.50 Å². The van der Waals surface area contributed by atoms with E-state index in [4.69, 9.17) is 0 Å². The van der Waals surface area contributed by atoms with Crippen molar-refractivity contribution in [2.75, 3.05) is 13.1 Å². The molecule has 0 aliphatic carbocycles. The van der Waals surface area contributed by atoms with E-state index in [1.54, 1.807) is 18.2 Å². The Labute approximate surface area is 89.3 Å². The van der Waals surface area contributed by atoms with Crippen LogP contribution in [-0.4, -0.2) is 23.1 Å². The molecule has 1 unspecified atom stereocenters. The van der Waals surface area contributed by atoms with Gasteiger partial charge in [0.15, 0.2) is 0 Å². The maximum atomic E-state index is 13.5. The predicted molar refractivity (Wildman–Crippen MR) is 56.5 cm³/mol. The highest BCUT2D eigenvalue weighted by atomic mass is 19.1. The van der Waals surface area contributed by atoms with Crippen molar-refractivity contribution in [3.05, 3.63) is 42.6 Å². The summed E-state index contributed by atoms with van der Waals surface area (Å²) in [6, 6.07) is 6.26. The fraction of sp³-hybridized carbons (Fsp3) is 0.417. The summed E-state index contributed by atoms with van der Waals surface area (Å²) in [5, 5.41) is 10.2. The number of aliphatic hydroxyl groups is 1. The highest BCUT2D eigenvalue weighted by Crippen LogP contribution is 2.29. The van der Waals surface area contributed by atoms with Crippen molar-refractivity contribution in [1.82, 2.24) is 4.90 Å². The van der Waals surface area contributed by atoms with Gasteiger partial charge >= 0.3 is 0 Å². The molecule has 0 spiro atoms. The van der Waals surface area contributed by atoms with Gasteiger partial charge in [-0.15, -0.1) is 0 Å². The van der Waals surface area contributed by atoms with Crippen LogP contribution in [0.3, 0.4) is 0 Å². The topological polar surface area (TPSA) is 23.5 Å². The molecule has 0 amide bonds. The summed E-state index contributed by atoms with van der Waals surface area (Å²) in [6.07, 6.45) is 2.07. The smallest absolute Gasteiger partial charge is 0.147 e. The molecule has 0 aromatic heterocycles. The van der Waals surface area contributed by atoms with Crippen molar-refractivity contribution in [3.63, 3.8) is 0 Å². The van der Waals surface area contributed by atoms with Gasteiger partial charge in [-0.2, -0.15) is 0 Å². The lowest BCUT2D eigenvalue weighted by molar-refractivity contribution is -0.0661. The lowest BCUT2D eigenvalue weighted by Gasteiger charge is -2.34. The first-order valence-electron chi connectivity index (χ1n) is 5.20. The average Bonchev–Trinajstić information content (AvgIpc) is 2.71. The summed E-state index contributed by atoms with van der Waals surface area (Å²) < 4.78 is 13.5. The zero-order valence-corrected chi connectivity index (χ0v) is 8.62. The molecule has 0 saturated carbocycles. The SMILES string of the molecule is [CH2]C(O)(c1ccccc1F)N1CCCC1. The first-order chi connectivity index (χ1) is 7.12. The Balaban J connectivity index is 2.31. The van der Waals surface area contributed by atoms with Crippen LogP contribution in [0.1, 0.15) is 18.4 Å². The van der Waals surface area contributed by atoms with Crippen LogP contribution in [0.4, 0.5) is 4.39 Å². The summed E-state index contributed by atoms with van der Waals surface area (Å²) in [5.41, 5.74) is -1.17. The number of halogens is 1. The maximum absolute atomic E-state index is 13.5. The highest BCUT2D eigenvalue weighted by molar-refractivity contribution is 5.25. The Morgan fingerprint density at radius 3 is 2.47 bits per heavy atom. The minimum Gasteiger partial charge on any atom is -0.371 e. The van der Waals surface area contributed by atoms with Gasteiger partial charge in [0.05, 0.1) is 0 Å². The summed E-state index contributed by atoms with van der Waals surface area (Å²) in [6.45, 7) is 5.27. The van der Waals surface area contributed by atoms with Gasteiger partial charge in [0, 0.05) is 18.7 Å². The summed E-state index contributed by atoms with van der Waals surface area (Å²) in [7, 11) is 0. The van der Waals surface area contributed by atoms with Crippen molar-refractivity contribution < 1.29 is 9.50 Å². The van der Waals surface area contributed by atoms with Crippen LogP contribution < -0.4 is 0 Å². The standard InChI is InChI=1S/C12H15FNO/c1-12(15,14-8-4-5-9-14)10-6-2-3-7-11(10)13/h2-3,6-7,15H,1,4-5,8-9H2. The molecule has 15 heavy (non-hydrogen) atoms. The maximum Gasteiger partial charge on any atom is 0.147 e. The van der Waals surface area contributed by atoms with E-state index in [1.807, 2.05) is 4.90 Å². The first kappa shape index (κ1) is 10.6. The summed E-state index contributed by atoms with van der Waals surface area (Å²) in [5.74, 6) is -0.401. The number of likely N-dealkylation sites (tertiary alicyclic amines) is 1. The fourth-order valence-electron chi connectivity index (χ4n) is 2.04. The number of hydrogen-bond acceptors (Lipinski definition) is 2. The van der Waals surface area contributed by atoms with E-state index < -0.39 is 11.5 Å². The van der Waals surface area contributed by atoms with Crippen LogP contribution in [-0.2, 0) is 5.72 Å². The number of rotatable bonds is 2. The molecular weight excluding hydrogens is 193 g/mol. The molecule has 81 valence electrons. The highest BCUT2D eigenvalue weighted by Gasteiger charge is 2.34. The summed E-state index contributed by atoms with van der Waals surface area (Å²) >= 11 is 0. The molecule has 1 heterocycles. The van der Waals surface area contributed by atoms with E-state index in [-0.39, 0.29) is 5.56 Å². The van der Waals surface area contributed by atoms with Crippen molar-refractivity contribution in [1.29, 1.82) is 0 Å². The molecule has 1 radical (unpaired) electrons. The number of hydrogen-bond donors (Lipinski definition) is 1. The van der Waals surface area contributed by atoms with Gasteiger partial charge in [0.25, 0.3) is 0 Å². The molecule has 2 rings (SSSR count). The summed E-state index contributed by atoms with van der Waals surface area (Å²) in [4.78, 5) is 1.81. The molecule has 2 nitrogen and oxygen atoms in total. The second-order valence-electron chi connectivity index (χ2n) is 3.99. The van der Waals surface area contributed by atoms with E-state index in [1.165, 1.54) is 6.07 Å². The van der Waals surface area contributed by atoms with Gasteiger partial charge in [-0.25, -0.2) is 4.39 Å². The lowest BCUT2D eigenvalue weighted by atomic mass is 10.0. The molecule has 1 aliphatic rings. The van der Waals surface area contributed by atoms with Gasteiger partial charge in [-0.3, -0.25) is 4.90 Å². The minimum atomic E-state index is -1.43. The fourth-order valence-corrected chi connectivity index (χ4v) is 2.04. The lowest BCUT2D eigenvalue weighted by Crippen LogP contribution is -2.42. The molecule has 0 bridgehead atoms. The van der Waals surface area contributed by atoms with E-state index in [2.05, 4.69) is 6.92 Å². The van der Waals surface area contributed by atoms with Crippen LogP contribution in [0.15, 0.2) is 24.3 Å². The number of nitrogens with zero attached hydrogens (tertiary/aromatic N) is 1. The monoisotopic (exact) mass is 208 g/mol. The molecular formula is C12H15FNO. The van der Waals surface area contributed by atoms with Crippen molar-refractivity contribution in [3.8, 4) is 0 Å². The minimum absolute atomic E-state index is 0.256. The van der Waals surface area contributed by atoms with E-state index >= 15 is 0 Å². The Morgan fingerprint density at radius 1 is 1.27 bits per heavy atom.